The van der Waals surface area contributed by atoms with Gasteiger partial charge in [-0.3, -0.25) is 4.68 Å². The zero-order valence-corrected chi connectivity index (χ0v) is 12.7. The van der Waals surface area contributed by atoms with Crippen LogP contribution in [0.1, 0.15) is 37.3 Å². The lowest BCUT2D eigenvalue weighted by Crippen LogP contribution is -2.13. The number of halogens is 3. The van der Waals surface area contributed by atoms with Crippen molar-refractivity contribution in [3.05, 3.63) is 50.7 Å². The van der Waals surface area contributed by atoms with Gasteiger partial charge in [-0.25, -0.2) is 0 Å². The van der Waals surface area contributed by atoms with Crippen LogP contribution in [0.3, 0.4) is 0 Å². The van der Waals surface area contributed by atoms with E-state index in [1.54, 1.807) is 22.9 Å². The SMILES string of the molecule is CC(C)n1ncc(Cl)c1C(O)c1c(Cl)cccc1Cl. The van der Waals surface area contributed by atoms with E-state index in [0.717, 1.165) is 0 Å². The van der Waals surface area contributed by atoms with E-state index >= 15 is 0 Å². The monoisotopic (exact) mass is 318 g/mol. The number of benzene rings is 1. The highest BCUT2D eigenvalue weighted by Crippen LogP contribution is 2.37. The van der Waals surface area contributed by atoms with E-state index in [2.05, 4.69) is 5.10 Å². The summed E-state index contributed by atoms with van der Waals surface area (Å²) in [6, 6.07) is 5.15. The molecule has 102 valence electrons. The number of hydrogen-bond acceptors (Lipinski definition) is 2. The highest BCUT2D eigenvalue weighted by Gasteiger charge is 2.24. The average Bonchev–Trinajstić information content (AvgIpc) is 2.70. The van der Waals surface area contributed by atoms with Gasteiger partial charge in [-0.15, -0.1) is 0 Å². The van der Waals surface area contributed by atoms with Crippen molar-refractivity contribution in [1.29, 1.82) is 0 Å². The second-order valence-corrected chi connectivity index (χ2v) is 5.68. The van der Waals surface area contributed by atoms with Crippen LogP contribution in [0.4, 0.5) is 0 Å². The molecule has 1 aromatic heterocycles. The Morgan fingerprint density at radius 3 is 2.21 bits per heavy atom. The van der Waals surface area contributed by atoms with E-state index in [1.165, 1.54) is 6.20 Å². The molecule has 2 aromatic rings. The third-order valence-corrected chi connectivity index (χ3v) is 3.76. The van der Waals surface area contributed by atoms with E-state index in [-0.39, 0.29) is 6.04 Å². The molecule has 3 nitrogen and oxygen atoms in total. The van der Waals surface area contributed by atoms with Crippen LogP contribution >= 0.6 is 34.8 Å². The standard InChI is InChI=1S/C13H13Cl3N2O/c1-7(2)18-12(10(16)6-17-18)13(19)11-8(14)4-3-5-9(11)15/h3-7,13,19H,1-2H3. The molecule has 1 heterocycles. The number of nitrogens with zero attached hydrogens (tertiary/aromatic N) is 2. The van der Waals surface area contributed by atoms with Crippen LogP contribution in [-0.2, 0) is 0 Å². The number of hydrogen-bond donors (Lipinski definition) is 1. The van der Waals surface area contributed by atoms with Gasteiger partial charge >= 0.3 is 0 Å². The Morgan fingerprint density at radius 1 is 1.11 bits per heavy atom. The Balaban J connectivity index is 2.56. The summed E-state index contributed by atoms with van der Waals surface area (Å²) in [4.78, 5) is 0. The van der Waals surface area contributed by atoms with Crippen LogP contribution in [0.2, 0.25) is 15.1 Å². The molecule has 0 aliphatic carbocycles. The Bertz CT molecular complexity index is 575. The van der Waals surface area contributed by atoms with E-state index in [0.29, 0.717) is 26.3 Å². The van der Waals surface area contributed by atoms with Crippen LogP contribution in [0, 0.1) is 0 Å². The molecule has 6 heteroatoms. The summed E-state index contributed by atoms with van der Waals surface area (Å²) in [5.41, 5.74) is 0.932. The third kappa shape index (κ3) is 2.75. The molecule has 0 bridgehead atoms. The molecule has 1 atom stereocenters. The van der Waals surface area contributed by atoms with Gasteiger partial charge < -0.3 is 5.11 Å². The first-order valence-electron chi connectivity index (χ1n) is 5.78. The van der Waals surface area contributed by atoms with Crippen molar-refractivity contribution >= 4 is 34.8 Å². The fourth-order valence-electron chi connectivity index (χ4n) is 1.93. The highest BCUT2D eigenvalue weighted by atomic mass is 35.5. The van der Waals surface area contributed by atoms with Gasteiger partial charge in [0, 0.05) is 21.7 Å². The maximum atomic E-state index is 10.5. The Hall–Kier alpha value is -0.740. The van der Waals surface area contributed by atoms with E-state index in [4.69, 9.17) is 34.8 Å². The minimum absolute atomic E-state index is 0.0680. The molecule has 1 N–H and O–H groups in total. The maximum absolute atomic E-state index is 10.5. The van der Waals surface area contributed by atoms with Gasteiger partial charge in [-0.2, -0.15) is 5.10 Å². The van der Waals surface area contributed by atoms with Crippen molar-refractivity contribution in [3.8, 4) is 0 Å². The lowest BCUT2D eigenvalue weighted by molar-refractivity contribution is 0.205. The van der Waals surface area contributed by atoms with Crippen LogP contribution in [0.15, 0.2) is 24.4 Å². The molecule has 0 fully saturated rings. The minimum atomic E-state index is -1.02. The fourth-order valence-corrected chi connectivity index (χ4v) is 2.76. The highest BCUT2D eigenvalue weighted by molar-refractivity contribution is 6.36. The van der Waals surface area contributed by atoms with Gasteiger partial charge in [0.25, 0.3) is 0 Å². The zero-order valence-electron chi connectivity index (χ0n) is 10.4. The van der Waals surface area contributed by atoms with E-state index in [9.17, 15) is 5.11 Å². The van der Waals surface area contributed by atoms with Crippen molar-refractivity contribution in [1.82, 2.24) is 9.78 Å². The first kappa shape index (κ1) is 14.7. The average molecular weight is 320 g/mol. The predicted octanol–water partition coefficient (Wildman–Crippen LogP) is 4.51. The molecule has 0 amide bonds. The van der Waals surface area contributed by atoms with E-state index < -0.39 is 6.10 Å². The Kier molecular flexibility index (Phi) is 4.41. The van der Waals surface area contributed by atoms with Gasteiger partial charge in [0.2, 0.25) is 0 Å². The Labute approximate surface area is 126 Å². The summed E-state index contributed by atoms with van der Waals surface area (Å²) in [6.07, 6.45) is 0.490. The van der Waals surface area contributed by atoms with Crippen molar-refractivity contribution in [2.45, 2.75) is 26.0 Å². The molecule has 0 saturated carbocycles. The van der Waals surface area contributed by atoms with Gasteiger partial charge in [0.05, 0.1) is 16.9 Å². The molecular weight excluding hydrogens is 307 g/mol. The smallest absolute Gasteiger partial charge is 0.125 e. The summed E-state index contributed by atoms with van der Waals surface area (Å²) < 4.78 is 1.66. The summed E-state index contributed by atoms with van der Waals surface area (Å²) in [5.74, 6) is 0. The molecule has 19 heavy (non-hydrogen) atoms. The summed E-state index contributed by atoms with van der Waals surface area (Å²) in [6.45, 7) is 3.90. The molecule has 0 spiro atoms. The quantitative estimate of drug-likeness (QED) is 0.904. The molecule has 2 rings (SSSR count). The van der Waals surface area contributed by atoms with Crippen LogP contribution in [0.5, 0.6) is 0 Å². The van der Waals surface area contributed by atoms with Gasteiger partial charge in [0.15, 0.2) is 0 Å². The molecule has 0 aliphatic rings. The molecule has 0 radical (unpaired) electrons. The number of rotatable bonds is 3. The first-order chi connectivity index (χ1) is 8.93. The second-order valence-electron chi connectivity index (χ2n) is 4.45. The first-order valence-corrected chi connectivity index (χ1v) is 6.91. The topological polar surface area (TPSA) is 38.0 Å². The third-order valence-electron chi connectivity index (χ3n) is 2.81. The summed E-state index contributed by atoms with van der Waals surface area (Å²) in [5, 5.41) is 15.9. The zero-order chi connectivity index (χ0) is 14.2. The summed E-state index contributed by atoms with van der Waals surface area (Å²) >= 11 is 18.3. The van der Waals surface area contributed by atoms with Crippen molar-refractivity contribution in [3.63, 3.8) is 0 Å². The lowest BCUT2D eigenvalue weighted by Gasteiger charge is -2.18. The largest absolute Gasteiger partial charge is 0.382 e. The van der Waals surface area contributed by atoms with Crippen molar-refractivity contribution in [2.75, 3.05) is 0 Å². The molecule has 1 aromatic carbocycles. The number of aliphatic hydroxyl groups excluding tert-OH is 1. The molecule has 1 unspecified atom stereocenters. The predicted molar refractivity (Wildman–Crippen MR) is 78.1 cm³/mol. The normalized spacial score (nSPS) is 13.0. The fraction of sp³-hybridized carbons (Fsp3) is 0.308. The Morgan fingerprint density at radius 2 is 1.68 bits per heavy atom. The van der Waals surface area contributed by atoms with Crippen molar-refractivity contribution in [2.24, 2.45) is 0 Å². The van der Waals surface area contributed by atoms with Crippen LogP contribution < -0.4 is 0 Å². The van der Waals surface area contributed by atoms with Gasteiger partial charge in [0.1, 0.15) is 6.10 Å². The summed E-state index contributed by atoms with van der Waals surface area (Å²) in [7, 11) is 0. The lowest BCUT2D eigenvalue weighted by atomic mass is 10.1. The molecular formula is C13H13Cl3N2O. The molecule has 0 saturated heterocycles. The second kappa shape index (κ2) is 5.71. The minimum Gasteiger partial charge on any atom is -0.382 e. The van der Waals surface area contributed by atoms with Crippen LogP contribution in [0.25, 0.3) is 0 Å². The number of aliphatic hydroxyl groups is 1. The maximum Gasteiger partial charge on any atom is 0.125 e. The van der Waals surface area contributed by atoms with Gasteiger partial charge in [-0.05, 0) is 26.0 Å². The van der Waals surface area contributed by atoms with Crippen molar-refractivity contribution < 1.29 is 5.11 Å². The molecule has 0 aliphatic heterocycles. The number of aromatic nitrogens is 2. The van der Waals surface area contributed by atoms with Gasteiger partial charge in [-0.1, -0.05) is 40.9 Å². The van der Waals surface area contributed by atoms with E-state index in [1.807, 2.05) is 13.8 Å². The van der Waals surface area contributed by atoms with Crippen LogP contribution in [-0.4, -0.2) is 14.9 Å².